The van der Waals surface area contributed by atoms with Gasteiger partial charge in [0.2, 0.25) is 0 Å². The molecule has 0 bridgehead atoms. The summed E-state index contributed by atoms with van der Waals surface area (Å²) in [5, 5.41) is 13.5. The van der Waals surface area contributed by atoms with Crippen LogP contribution in [0.15, 0.2) is 66.9 Å². The van der Waals surface area contributed by atoms with E-state index < -0.39 is 0 Å². The number of likely N-dealkylation sites (N-methyl/N-ethyl adjacent to an activating group) is 1. The van der Waals surface area contributed by atoms with Gasteiger partial charge in [-0.05, 0) is 85.0 Å². The van der Waals surface area contributed by atoms with E-state index in [9.17, 15) is 14.4 Å². The molecule has 5 nitrogen and oxygen atoms in total. The molecule has 1 atom stereocenters. The Kier molecular flexibility index (Phi) is 6.49. The van der Waals surface area contributed by atoms with Gasteiger partial charge in [-0.15, -0.1) is 0 Å². The second-order valence-corrected chi connectivity index (χ2v) is 9.47. The van der Waals surface area contributed by atoms with Crippen molar-refractivity contribution in [2.45, 2.75) is 25.8 Å². The van der Waals surface area contributed by atoms with Crippen LogP contribution in [0.2, 0.25) is 0 Å². The highest BCUT2D eigenvalue weighted by molar-refractivity contribution is 6.12. The minimum Gasteiger partial charge on any atom is -0.340 e. The minimum atomic E-state index is -0.353. The highest BCUT2D eigenvalue weighted by Gasteiger charge is 2.25. The molecule has 0 unspecified atom stereocenters. The van der Waals surface area contributed by atoms with Crippen molar-refractivity contribution in [3.63, 3.8) is 0 Å². The van der Waals surface area contributed by atoms with E-state index in [2.05, 4.69) is 16.4 Å². The molecule has 4 aromatic rings. The number of nitrogens with zero attached hydrogens (tertiary/aromatic N) is 3. The SMILES string of the molecule is Cc1cc(F)cc(-c2cnc3ccc(-c4cccc(C#N)c4)cc3c2C(=O)N(C)C[C@@H]2CCCN2)c1. The number of amides is 1. The Morgan fingerprint density at radius 3 is 2.72 bits per heavy atom. The predicted molar refractivity (Wildman–Crippen MR) is 140 cm³/mol. The van der Waals surface area contributed by atoms with Crippen molar-refractivity contribution in [3.8, 4) is 28.3 Å². The molecule has 6 heteroatoms. The summed E-state index contributed by atoms with van der Waals surface area (Å²) in [5.41, 5.74) is 5.50. The second-order valence-electron chi connectivity index (χ2n) is 9.47. The van der Waals surface area contributed by atoms with E-state index in [1.807, 2.05) is 56.4 Å². The lowest BCUT2D eigenvalue weighted by atomic mass is 9.93. The molecule has 180 valence electrons. The first-order valence-electron chi connectivity index (χ1n) is 12.1. The molecular weight excluding hydrogens is 451 g/mol. The number of halogens is 1. The van der Waals surface area contributed by atoms with Crippen molar-refractivity contribution in [2.75, 3.05) is 20.1 Å². The summed E-state index contributed by atoms with van der Waals surface area (Å²) in [7, 11) is 1.81. The van der Waals surface area contributed by atoms with Gasteiger partial charge in [-0.2, -0.15) is 5.26 Å². The molecule has 0 spiro atoms. The normalized spacial score (nSPS) is 15.1. The van der Waals surface area contributed by atoms with Crippen LogP contribution in [0, 0.1) is 24.1 Å². The van der Waals surface area contributed by atoms with E-state index in [4.69, 9.17) is 0 Å². The van der Waals surface area contributed by atoms with Crippen molar-refractivity contribution in [2.24, 2.45) is 0 Å². The third-order valence-corrected chi connectivity index (χ3v) is 6.76. The topological polar surface area (TPSA) is 69.0 Å². The number of nitriles is 1. The van der Waals surface area contributed by atoms with Gasteiger partial charge in [-0.25, -0.2) is 4.39 Å². The first-order valence-corrected chi connectivity index (χ1v) is 12.1. The number of hydrogen-bond donors (Lipinski definition) is 1. The average Bonchev–Trinajstić information content (AvgIpc) is 3.39. The third kappa shape index (κ3) is 4.71. The Balaban J connectivity index is 1.69. The first kappa shape index (κ1) is 23.7. The summed E-state index contributed by atoms with van der Waals surface area (Å²) in [6, 6.07) is 20.4. The van der Waals surface area contributed by atoms with Crippen molar-refractivity contribution >= 4 is 16.8 Å². The number of carbonyl (C=O) groups is 1. The Morgan fingerprint density at radius 2 is 1.97 bits per heavy atom. The minimum absolute atomic E-state index is 0.129. The molecule has 1 aliphatic rings. The Bertz CT molecular complexity index is 1480. The van der Waals surface area contributed by atoms with E-state index >= 15 is 0 Å². The fourth-order valence-corrected chi connectivity index (χ4v) is 5.00. The zero-order valence-corrected chi connectivity index (χ0v) is 20.4. The number of hydrogen-bond acceptors (Lipinski definition) is 4. The van der Waals surface area contributed by atoms with Crippen LogP contribution in [-0.2, 0) is 0 Å². The fourth-order valence-electron chi connectivity index (χ4n) is 5.00. The molecule has 1 amide bonds. The van der Waals surface area contributed by atoms with Gasteiger partial charge in [0, 0.05) is 36.8 Å². The van der Waals surface area contributed by atoms with Gasteiger partial charge in [-0.3, -0.25) is 9.78 Å². The molecule has 0 saturated carbocycles. The average molecular weight is 479 g/mol. The van der Waals surface area contributed by atoms with Gasteiger partial charge in [-0.1, -0.05) is 24.3 Å². The monoisotopic (exact) mass is 478 g/mol. The van der Waals surface area contributed by atoms with Crippen molar-refractivity contribution in [3.05, 3.63) is 89.4 Å². The summed E-state index contributed by atoms with van der Waals surface area (Å²) in [4.78, 5) is 20.4. The second kappa shape index (κ2) is 9.88. The van der Waals surface area contributed by atoms with Crippen molar-refractivity contribution < 1.29 is 9.18 Å². The quantitative estimate of drug-likeness (QED) is 0.399. The van der Waals surface area contributed by atoms with Crippen LogP contribution in [-0.4, -0.2) is 42.0 Å². The maximum atomic E-state index is 14.4. The number of benzene rings is 3. The van der Waals surface area contributed by atoms with Crippen LogP contribution < -0.4 is 5.32 Å². The van der Waals surface area contributed by atoms with Gasteiger partial charge >= 0.3 is 0 Å². The highest BCUT2D eigenvalue weighted by Crippen LogP contribution is 2.34. The van der Waals surface area contributed by atoms with Crippen molar-refractivity contribution in [1.82, 2.24) is 15.2 Å². The summed E-state index contributed by atoms with van der Waals surface area (Å²) in [5.74, 6) is -0.481. The number of aromatic nitrogens is 1. The smallest absolute Gasteiger partial charge is 0.255 e. The Hall–Kier alpha value is -4.08. The highest BCUT2D eigenvalue weighted by atomic mass is 19.1. The molecule has 1 N–H and O–H groups in total. The molecule has 3 aromatic carbocycles. The van der Waals surface area contributed by atoms with Crippen LogP contribution >= 0.6 is 0 Å². The van der Waals surface area contributed by atoms with Crippen LogP contribution in [0.4, 0.5) is 4.39 Å². The molecule has 1 fully saturated rings. The molecule has 1 aliphatic heterocycles. The Labute approximate surface area is 210 Å². The van der Waals surface area contributed by atoms with Gasteiger partial charge in [0.1, 0.15) is 5.82 Å². The largest absolute Gasteiger partial charge is 0.340 e. The Morgan fingerprint density at radius 1 is 1.14 bits per heavy atom. The fraction of sp³-hybridized carbons (Fsp3) is 0.233. The van der Waals surface area contributed by atoms with Crippen LogP contribution in [0.5, 0.6) is 0 Å². The molecule has 0 aliphatic carbocycles. The predicted octanol–water partition coefficient (Wildman–Crippen LogP) is 5.71. The number of carbonyl (C=O) groups excluding carboxylic acids is 1. The molecule has 2 heterocycles. The van der Waals surface area contributed by atoms with Crippen LogP contribution in [0.3, 0.4) is 0 Å². The number of rotatable bonds is 5. The van der Waals surface area contributed by atoms with E-state index in [1.54, 1.807) is 17.2 Å². The van der Waals surface area contributed by atoms with Crippen LogP contribution in [0.25, 0.3) is 33.2 Å². The number of nitrogens with one attached hydrogen (secondary N) is 1. The number of pyridine rings is 1. The maximum Gasteiger partial charge on any atom is 0.255 e. The summed E-state index contributed by atoms with van der Waals surface area (Å²) < 4.78 is 14.4. The van der Waals surface area contributed by atoms with Crippen molar-refractivity contribution in [1.29, 1.82) is 5.26 Å². The molecule has 1 saturated heterocycles. The molecule has 5 rings (SSSR count). The lowest BCUT2D eigenvalue weighted by Gasteiger charge is -2.24. The lowest BCUT2D eigenvalue weighted by Crippen LogP contribution is -2.38. The lowest BCUT2D eigenvalue weighted by molar-refractivity contribution is 0.0786. The zero-order valence-electron chi connectivity index (χ0n) is 20.4. The van der Waals surface area contributed by atoms with Gasteiger partial charge in [0.25, 0.3) is 5.91 Å². The van der Waals surface area contributed by atoms with E-state index in [1.165, 1.54) is 12.1 Å². The van der Waals surface area contributed by atoms with Gasteiger partial charge < -0.3 is 10.2 Å². The first-order chi connectivity index (χ1) is 17.4. The zero-order chi connectivity index (χ0) is 25.2. The molecular formula is C30H27FN4O. The number of fused-ring (bicyclic) bond motifs is 1. The summed E-state index contributed by atoms with van der Waals surface area (Å²) in [6.45, 7) is 3.39. The number of aryl methyl sites for hydroxylation is 1. The van der Waals surface area contributed by atoms with Crippen LogP contribution in [0.1, 0.15) is 34.3 Å². The molecule has 36 heavy (non-hydrogen) atoms. The van der Waals surface area contributed by atoms with E-state index in [-0.39, 0.29) is 17.8 Å². The molecule has 1 aromatic heterocycles. The van der Waals surface area contributed by atoms with E-state index in [0.717, 1.165) is 36.1 Å². The third-order valence-electron chi connectivity index (χ3n) is 6.76. The van der Waals surface area contributed by atoms with E-state index in [0.29, 0.717) is 39.7 Å². The summed E-state index contributed by atoms with van der Waals surface area (Å²) >= 11 is 0. The summed E-state index contributed by atoms with van der Waals surface area (Å²) in [6.07, 6.45) is 3.80. The molecule has 0 radical (unpaired) electrons. The standard InChI is InChI=1S/C30H27FN4O/c1-19-11-23(14-24(31)12-19)27-17-34-28-9-8-22(21-6-3-5-20(13-21)16-32)15-26(28)29(27)30(36)35(2)18-25-7-4-10-33-25/h3,5-6,8-9,11-15,17,25,33H,4,7,10,18H2,1-2H3/t25-/m0/s1. The maximum absolute atomic E-state index is 14.4. The van der Waals surface area contributed by atoms with Gasteiger partial charge in [0.05, 0.1) is 22.7 Å². The van der Waals surface area contributed by atoms with Gasteiger partial charge in [0.15, 0.2) is 0 Å².